The van der Waals surface area contributed by atoms with Crippen molar-refractivity contribution in [1.29, 1.82) is 0 Å². The summed E-state index contributed by atoms with van der Waals surface area (Å²) in [4.78, 5) is 14.2. The van der Waals surface area contributed by atoms with Gasteiger partial charge in [-0.25, -0.2) is 8.42 Å². The number of hydrogen-bond acceptors (Lipinski definition) is 4. The predicted octanol–water partition coefficient (Wildman–Crippen LogP) is 3.00. The van der Waals surface area contributed by atoms with Crippen molar-refractivity contribution in [3.63, 3.8) is 0 Å². The molecule has 0 unspecified atom stereocenters. The molecular weight excluding hydrogens is 421 g/mol. The molecule has 2 aliphatic rings. The third kappa shape index (κ3) is 5.39. The van der Waals surface area contributed by atoms with E-state index in [9.17, 15) is 13.2 Å². The Morgan fingerprint density at radius 3 is 2.43 bits per heavy atom. The van der Waals surface area contributed by atoms with Crippen molar-refractivity contribution >= 4 is 39.1 Å². The molecule has 1 amide bonds. The lowest BCUT2D eigenvalue weighted by molar-refractivity contribution is -0.122. The highest BCUT2D eigenvalue weighted by Gasteiger charge is 2.31. The average Bonchev–Trinajstić information content (AvgIpc) is 2.69. The van der Waals surface area contributed by atoms with Crippen LogP contribution in [0.2, 0.25) is 10.0 Å². The molecule has 0 aromatic heterocycles. The van der Waals surface area contributed by atoms with Crippen molar-refractivity contribution in [3.05, 3.63) is 28.2 Å². The van der Waals surface area contributed by atoms with E-state index in [4.69, 9.17) is 23.2 Å². The number of sulfonamides is 1. The van der Waals surface area contributed by atoms with Gasteiger partial charge in [0, 0.05) is 32.7 Å². The first-order valence-corrected chi connectivity index (χ1v) is 12.0. The second-order valence-corrected chi connectivity index (χ2v) is 10.2. The van der Waals surface area contributed by atoms with E-state index in [1.807, 2.05) is 4.90 Å². The highest BCUT2D eigenvalue weighted by Crippen LogP contribution is 2.31. The molecule has 0 atom stereocenters. The van der Waals surface area contributed by atoms with Gasteiger partial charge in [0.15, 0.2) is 0 Å². The maximum absolute atomic E-state index is 12.9. The van der Waals surface area contributed by atoms with Crippen LogP contribution < -0.4 is 5.32 Å². The molecule has 9 heteroatoms. The number of rotatable bonds is 6. The average molecular weight is 448 g/mol. The molecule has 6 nitrogen and oxygen atoms in total. The van der Waals surface area contributed by atoms with E-state index in [1.54, 1.807) is 12.1 Å². The Balaban J connectivity index is 1.48. The van der Waals surface area contributed by atoms with E-state index in [-0.39, 0.29) is 20.8 Å². The second kappa shape index (κ2) is 9.76. The summed E-state index contributed by atoms with van der Waals surface area (Å²) in [7, 11) is -3.70. The smallest absolute Gasteiger partial charge is 0.244 e. The summed E-state index contributed by atoms with van der Waals surface area (Å²) in [5.74, 6) is 0.613. The van der Waals surface area contributed by atoms with Crippen LogP contribution in [0.4, 0.5) is 0 Å². The fourth-order valence-electron chi connectivity index (χ4n) is 3.86. The largest absolute Gasteiger partial charge is 0.355 e. The van der Waals surface area contributed by atoms with E-state index in [0.29, 0.717) is 38.6 Å². The number of carbonyl (C=O) groups excluding carboxylic acids is 1. The Morgan fingerprint density at radius 1 is 1.07 bits per heavy atom. The number of nitrogens with one attached hydrogen (secondary N) is 1. The van der Waals surface area contributed by atoms with E-state index >= 15 is 0 Å². The van der Waals surface area contributed by atoms with Crippen LogP contribution in [0.15, 0.2) is 23.1 Å². The minimum Gasteiger partial charge on any atom is -0.355 e. The number of halogens is 2. The van der Waals surface area contributed by atoms with Crippen LogP contribution in [0.25, 0.3) is 0 Å². The van der Waals surface area contributed by atoms with Gasteiger partial charge >= 0.3 is 0 Å². The molecule has 156 valence electrons. The molecule has 2 fully saturated rings. The molecule has 1 N–H and O–H groups in total. The number of hydrogen-bond donors (Lipinski definition) is 1. The van der Waals surface area contributed by atoms with Crippen molar-refractivity contribution in [3.8, 4) is 0 Å². The fourth-order valence-corrected chi connectivity index (χ4v) is 6.02. The molecular formula is C19H27Cl2N3O3S. The first-order valence-electron chi connectivity index (χ1n) is 9.81. The Kier molecular flexibility index (Phi) is 7.61. The Morgan fingerprint density at radius 2 is 1.75 bits per heavy atom. The van der Waals surface area contributed by atoms with Gasteiger partial charge in [0.2, 0.25) is 15.9 Å². The SMILES string of the molecule is O=C(CN1CCN(S(=O)(=O)c2cccc(Cl)c2Cl)CC1)NCC1CCCCC1. The standard InChI is InChI=1S/C19H27Cl2N3O3S/c20-16-7-4-8-17(19(16)21)28(26,27)24-11-9-23(10-12-24)14-18(25)22-13-15-5-2-1-3-6-15/h4,7-8,15H,1-3,5-6,9-14H2,(H,22,25). The lowest BCUT2D eigenvalue weighted by Crippen LogP contribution is -2.51. The van der Waals surface area contributed by atoms with Gasteiger partial charge in [0.1, 0.15) is 4.90 Å². The number of amides is 1. The maximum atomic E-state index is 12.9. The number of piperazine rings is 1. The molecule has 1 saturated carbocycles. The van der Waals surface area contributed by atoms with Crippen molar-refractivity contribution in [2.24, 2.45) is 5.92 Å². The van der Waals surface area contributed by atoms with Crippen LogP contribution in [-0.4, -0.2) is 62.8 Å². The van der Waals surface area contributed by atoms with Gasteiger partial charge in [-0.3, -0.25) is 9.69 Å². The Labute approximate surface area is 177 Å². The minimum absolute atomic E-state index is 0.0137. The van der Waals surface area contributed by atoms with E-state index in [2.05, 4.69) is 5.32 Å². The summed E-state index contributed by atoms with van der Waals surface area (Å²) in [5, 5.41) is 3.30. The summed E-state index contributed by atoms with van der Waals surface area (Å²) in [6.07, 6.45) is 6.21. The molecule has 0 bridgehead atoms. The topological polar surface area (TPSA) is 69.7 Å². The van der Waals surface area contributed by atoms with Crippen LogP contribution in [0, 0.1) is 5.92 Å². The zero-order valence-electron chi connectivity index (χ0n) is 15.9. The molecule has 1 heterocycles. The van der Waals surface area contributed by atoms with Gasteiger partial charge < -0.3 is 5.32 Å². The predicted molar refractivity (Wildman–Crippen MR) is 111 cm³/mol. The summed E-state index contributed by atoms with van der Waals surface area (Å²) in [6.45, 7) is 2.71. The van der Waals surface area contributed by atoms with Crippen molar-refractivity contribution in [2.45, 2.75) is 37.0 Å². The second-order valence-electron chi connectivity index (χ2n) is 7.54. The van der Waals surface area contributed by atoms with Crippen LogP contribution >= 0.6 is 23.2 Å². The molecule has 28 heavy (non-hydrogen) atoms. The molecule has 1 aliphatic carbocycles. The van der Waals surface area contributed by atoms with Crippen molar-refractivity contribution in [1.82, 2.24) is 14.5 Å². The zero-order chi connectivity index (χ0) is 20.1. The molecule has 1 aromatic rings. The van der Waals surface area contributed by atoms with Crippen LogP contribution in [0.1, 0.15) is 32.1 Å². The first-order chi connectivity index (χ1) is 13.4. The first kappa shape index (κ1) is 21.8. The third-order valence-corrected chi connectivity index (χ3v) is 8.42. The van der Waals surface area contributed by atoms with E-state index in [0.717, 1.165) is 6.54 Å². The highest BCUT2D eigenvalue weighted by atomic mass is 35.5. The van der Waals surface area contributed by atoms with Gasteiger partial charge in [0.25, 0.3) is 0 Å². The van der Waals surface area contributed by atoms with Gasteiger partial charge in [-0.1, -0.05) is 48.5 Å². The van der Waals surface area contributed by atoms with Crippen LogP contribution in [0.3, 0.4) is 0 Å². The van der Waals surface area contributed by atoms with E-state index < -0.39 is 10.0 Å². The molecule has 1 aliphatic heterocycles. The number of benzene rings is 1. The van der Waals surface area contributed by atoms with Gasteiger partial charge in [-0.05, 0) is 30.9 Å². The quantitative estimate of drug-likeness (QED) is 0.727. The minimum atomic E-state index is -3.70. The van der Waals surface area contributed by atoms with Crippen LogP contribution in [0.5, 0.6) is 0 Å². The zero-order valence-corrected chi connectivity index (χ0v) is 18.2. The van der Waals surface area contributed by atoms with Gasteiger partial charge in [-0.2, -0.15) is 4.31 Å². The summed E-state index contributed by atoms with van der Waals surface area (Å²) in [6, 6.07) is 4.61. The number of carbonyl (C=O) groups is 1. The highest BCUT2D eigenvalue weighted by molar-refractivity contribution is 7.89. The third-order valence-electron chi connectivity index (χ3n) is 5.55. The van der Waals surface area contributed by atoms with Crippen molar-refractivity contribution < 1.29 is 13.2 Å². The van der Waals surface area contributed by atoms with E-state index in [1.165, 1.54) is 42.5 Å². The molecule has 1 saturated heterocycles. The molecule has 0 spiro atoms. The Hall–Kier alpha value is -0.860. The summed E-state index contributed by atoms with van der Waals surface area (Å²) < 4.78 is 27.1. The van der Waals surface area contributed by atoms with Crippen LogP contribution in [-0.2, 0) is 14.8 Å². The molecule has 1 aromatic carbocycles. The van der Waals surface area contributed by atoms with Gasteiger partial charge in [0.05, 0.1) is 16.6 Å². The lowest BCUT2D eigenvalue weighted by Gasteiger charge is -2.33. The normalized spacial score (nSPS) is 20.2. The molecule has 3 rings (SSSR count). The Bertz CT molecular complexity index is 790. The lowest BCUT2D eigenvalue weighted by atomic mass is 9.89. The summed E-state index contributed by atoms with van der Waals surface area (Å²) >= 11 is 12.0. The van der Waals surface area contributed by atoms with Crippen molar-refractivity contribution in [2.75, 3.05) is 39.3 Å². The fraction of sp³-hybridized carbons (Fsp3) is 0.632. The number of nitrogens with zero attached hydrogens (tertiary/aromatic N) is 2. The summed E-state index contributed by atoms with van der Waals surface area (Å²) in [5.41, 5.74) is 0. The maximum Gasteiger partial charge on any atom is 0.244 e. The van der Waals surface area contributed by atoms with Gasteiger partial charge in [-0.15, -0.1) is 0 Å². The molecule has 0 radical (unpaired) electrons. The monoisotopic (exact) mass is 447 g/mol.